The van der Waals surface area contributed by atoms with Gasteiger partial charge in [-0.1, -0.05) is 63.1 Å². The average molecular weight is 684 g/mol. The number of halogens is 1. The number of aliphatic hydroxyl groups excluding tert-OH is 1. The molecule has 0 saturated carbocycles. The van der Waals surface area contributed by atoms with Crippen molar-refractivity contribution in [3.8, 4) is 18.1 Å². The molecule has 1 unspecified atom stereocenters. The number of hydrogen-bond acceptors (Lipinski definition) is 12. The quantitative estimate of drug-likeness (QED) is 0.118. The molecule has 4 N–H and O–H groups in total. The van der Waals surface area contributed by atoms with Gasteiger partial charge < -0.3 is 29.7 Å². The van der Waals surface area contributed by atoms with Gasteiger partial charge in [-0.15, -0.1) is 6.42 Å². The Bertz CT molecular complexity index is 1900. The second-order valence-corrected chi connectivity index (χ2v) is 14.6. The molecule has 5 rings (SSSR count). The van der Waals surface area contributed by atoms with Crippen LogP contribution in [0.25, 0.3) is 21.9 Å². The van der Waals surface area contributed by atoms with Crippen LogP contribution in [0, 0.1) is 17.8 Å². The number of fused-ring (bicyclic) bond motifs is 2. The van der Waals surface area contributed by atoms with Gasteiger partial charge in [-0.3, -0.25) is 13.9 Å². The summed E-state index contributed by atoms with van der Waals surface area (Å²) in [7, 11) is -1.02. The maximum Gasteiger partial charge on any atom is 0.459 e. The number of alkyl halides is 1. The van der Waals surface area contributed by atoms with Crippen molar-refractivity contribution in [3.05, 3.63) is 48.8 Å². The lowest BCUT2D eigenvalue weighted by atomic mass is 9.97. The number of imidazole rings is 1. The lowest BCUT2D eigenvalue weighted by Crippen LogP contribution is -2.42. The summed E-state index contributed by atoms with van der Waals surface area (Å²) >= 11 is 0. The molecule has 0 amide bonds. The Labute approximate surface area is 277 Å². The fourth-order valence-electron chi connectivity index (χ4n) is 5.08. The first-order valence-corrected chi connectivity index (χ1v) is 16.6. The fraction of sp³-hybridized carbons (Fsp3) is 0.438. The van der Waals surface area contributed by atoms with E-state index in [0.717, 1.165) is 5.39 Å². The monoisotopic (exact) mass is 683 g/mol. The van der Waals surface area contributed by atoms with Crippen LogP contribution >= 0.6 is 7.75 Å². The van der Waals surface area contributed by atoms with Crippen LogP contribution in [0.1, 0.15) is 33.9 Å². The fourth-order valence-corrected chi connectivity index (χ4v) is 6.60. The van der Waals surface area contributed by atoms with Crippen molar-refractivity contribution in [3.63, 3.8) is 0 Å². The molecule has 1 saturated heterocycles. The van der Waals surface area contributed by atoms with Gasteiger partial charge in [-0.2, -0.15) is 15.1 Å². The van der Waals surface area contributed by atoms with E-state index in [1.807, 2.05) is 44.9 Å². The van der Waals surface area contributed by atoms with Crippen LogP contribution in [0.2, 0.25) is 0 Å². The van der Waals surface area contributed by atoms with Crippen LogP contribution in [0.3, 0.4) is 0 Å². The highest BCUT2D eigenvalue weighted by Crippen LogP contribution is 2.49. The molecule has 0 aliphatic carbocycles. The summed E-state index contributed by atoms with van der Waals surface area (Å²) in [6, 6.07) is 11.2. The van der Waals surface area contributed by atoms with E-state index in [2.05, 4.69) is 20.0 Å². The van der Waals surface area contributed by atoms with Crippen molar-refractivity contribution in [1.29, 1.82) is 0 Å². The summed E-state index contributed by atoms with van der Waals surface area (Å²) in [5, 5.41) is 15.2. The number of anilines is 2. The standard InChI is InChI=1S/C32H39FN7O7P/c1-8-32(33)25(41)23(46-29(32)40-18-35-24-26(39(6)7)36-30(34)37-27(24)40)16-45-48(43,38-19(2)28(42)44-17-31(3,4)5)47-22-15-11-13-20-12-9-10-14-21(20)22/h1,9-15,18-19,23,25,29,41H,16-17H2,2-7H3,(H,38,43)(H2,34,36,37)/t19-,23-,25-,29-,32-,48?/m1/s1. The summed E-state index contributed by atoms with van der Waals surface area (Å²) in [4.78, 5) is 27.2. The number of nitrogens with one attached hydrogen (secondary N) is 1. The van der Waals surface area contributed by atoms with Crippen molar-refractivity contribution in [2.24, 2.45) is 5.41 Å². The minimum atomic E-state index is -4.47. The maximum absolute atomic E-state index is 16.5. The van der Waals surface area contributed by atoms with Crippen LogP contribution in [0.4, 0.5) is 16.2 Å². The summed E-state index contributed by atoms with van der Waals surface area (Å²) < 4.78 is 55.1. The van der Waals surface area contributed by atoms with E-state index in [-0.39, 0.29) is 34.9 Å². The molecule has 3 heterocycles. The SMILES string of the molecule is C#C[C@@]1(F)[C@H](O)[C@@H](COP(=O)(N[C@H](C)C(=O)OCC(C)(C)C)Oc2cccc3ccccc23)O[C@H]1n1cnc2c(N(C)C)nc(N)nc21. The van der Waals surface area contributed by atoms with E-state index in [0.29, 0.717) is 11.2 Å². The number of carbonyl (C=O) groups is 1. The van der Waals surface area contributed by atoms with Crippen LogP contribution in [0.15, 0.2) is 48.8 Å². The molecule has 0 radical (unpaired) electrons. The minimum Gasteiger partial charge on any atom is -0.464 e. The van der Waals surface area contributed by atoms with Gasteiger partial charge >= 0.3 is 13.7 Å². The Morgan fingerprint density at radius 1 is 1.27 bits per heavy atom. The summed E-state index contributed by atoms with van der Waals surface area (Å²) in [6.07, 6.45) is 1.80. The number of terminal acetylenes is 1. The first kappa shape index (κ1) is 35.0. The number of benzene rings is 2. The maximum atomic E-state index is 16.5. The van der Waals surface area contributed by atoms with E-state index in [1.165, 1.54) is 17.8 Å². The highest BCUT2D eigenvalue weighted by molar-refractivity contribution is 7.52. The molecule has 1 aliphatic rings. The summed E-state index contributed by atoms with van der Waals surface area (Å²) in [5.74, 6) is 1.74. The second kappa shape index (κ2) is 13.3. The number of nitrogens with two attached hydrogens (primary N) is 1. The lowest BCUT2D eigenvalue weighted by molar-refractivity contribution is -0.148. The number of aliphatic hydroxyl groups is 1. The van der Waals surface area contributed by atoms with Crippen molar-refractivity contribution in [2.45, 2.75) is 57.8 Å². The van der Waals surface area contributed by atoms with E-state index in [4.69, 9.17) is 30.7 Å². The van der Waals surface area contributed by atoms with E-state index >= 15 is 4.39 Å². The van der Waals surface area contributed by atoms with Gasteiger partial charge in [-0.05, 0) is 23.8 Å². The number of nitrogen functional groups attached to an aromatic ring is 1. The van der Waals surface area contributed by atoms with Gasteiger partial charge in [0.2, 0.25) is 11.6 Å². The van der Waals surface area contributed by atoms with Crippen LogP contribution in [-0.4, -0.2) is 81.8 Å². The predicted octanol–water partition coefficient (Wildman–Crippen LogP) is 4.00. The highest BCUT2D eigenvalue weighted by atomic mass is 31.2. The van der Waals surface area contributed by atoms with Gasteiger partial charge in [0.25, 0.3) is 0 Å². The first-order chi connectivity index (χ1) is 22.5. The lowest BCUT2D eigenvalue weighted by Gasteiger charge is -2.26. The Morgan fingerprint density at radius 2 is 1.98 bits per heavy atom. The molecule has 0 spiro atoms. The summed E-state index contributed by atoms with van der Waals surface area (Å²) in [5.41, 5.74) is 3.19. The molecule has 1 fully saturated rings. The number of rotatable bonds is 11. The average Bonchev–Trinajstić information content (AvgIpc) is 3.55. The van der Waals surface area contributed by atoms with Gasteiger partial charge in [0.05, 0.1) is 19.5 Å². The van der Waals surface area contributed by atoms with Crippen molar-refractivity contribution in [1.82, 2.24) is 24.6 Å². The first-order valence-electron chi connectivity index (χ1n) is 15.1. The predicted molar refractivity (Wildman–Crippen MR) is 178 cm³/mol. The molecule has 0 bridgehead atoms. The molecular weight excluding hydrogens is 644 g/mol. The largest absolute Gasteiger partial charge is 0.464 e. The number of ether oxygens (including phenoxy) is 2. The van der Waals surface area contributed by atoms with Gasteiger partial charge in [0.1, 0.15) is 24.0 Å². The number of nitrogens with zero attached hydrogens (tertiary/aromatic N) is 5. The molecule has 256 valence electrons. The molecule has 16 heteroatoms. The third kappa shape index (κ3) is 7.08. The smallest absolute Gasteiger partial charge is 0.459 e. The van der Waals surface area contributed by atoms with Crippen molar-refractivity contribution < 1.29 is 37.4 Å². The Kier molecular flexibility index (Phi) is 9.69. The molecule has 48 heavy (non-hydrogen) atoms. The minimum absolute atomic E-state index is 0.107. The number of aromatic nitrogens is 4. The zero-order chi connectivity index (χ0) is 35.0. The molecule has 14 nitrogen and oxygen atoms in total. The second-order valence-electron chi connectivity index (χ2n) is 12.9. The third-order valence-electron chi connectivity index (χ3n) is 7.49. The molecule has 6 atom stereocenters. The Hall–Kier alpha value is -4.32. The zero-order valence-electron chi connectivity index (χ0n) is 27.5. The normalized spacial score (nSPS) is 23.0. The highest BCUT2D eigenvalue weighted by Gasteiger charge is 2.58. The van der Waals surface area contributed by atoms with E-state index in [1.54, 1.807) is 43.3 Å². The van der Waals surface area contributed by atoms with E-state index < -0.39 is 50.5 Å². The number of carbonyl (C=O) groups excluding carboxylic acids is 1. The molecule has 1 aliphatic heterocycles. The van der Waals surface area contributed by atoms with Crippen LogP contribution < -0.4 is 20.2 Å². The van der Waals surface area contributed by atoms with E-state index in [9.17, 15) is 14.5 Å². The summed E-state index contributed by atoms with van der Waals surface area (Å²) in [6.45, 7) is 6.56. The third-order valence-corrected chi connectivity index (χ3v) is 9.12. The van der Waals surface area contributed by atoms with Crippen LogP contribution in [0.5, 0.6) is 5.75 Å². The molecule has 4 aromatic rings. The Morgan fingerprint density at radius 3 is 2.67 bits per heavy atom. The molecule has 2 aromatic heterocycles. The van der Waals surface area contributed by atoms with Gasteiger partial charge in [0, 0.05) is 19.5 Å². The number of hydrogen-bond donors (Lipinski definition) is 3. The topological polar surface area (TPSA) is 176 Å². The van der Waals surface area contributed by atoms with Gasteiger partial charge in [-0.25, -0.2) is 13.9 Å². The van der Waals surface area contributed by atoms with Gasteiger partial charge in [0.15, 0.2) is 23.2 Å². The van der Waals surface area contributed by atoms with Crippen molar-refractivity contribution >= 4 is 47.4 Å². The molecule has 2 aromatic carbocycles. The Balaban J connectivity index is 1.43. The number of esters is 1. The zero-order valence-corrected chi connectivity index (χ0v) is 28.3. The molecular formula is C32H39FN7O7P. The van der Waals surface area contributed by atoms with Crippen LogP contribution in [-0.2, 0) is 23.4 Å². The van der Waals surface area contributed by atoms with Crippen molar-refractivity contribution in [2.75, 3.05) is 37.9 Å².